The lowest BCUT2D eigenvalue weighted by molar-refractivity contribution is -0.117. The maximum Gasteiger partial charge on any atom is 0.257 e. The monoisotopic (exact) mass is 446 g/mol. The molecule has 0 N–H and O–H groups in total. The maximum absolute atomic E-state index is 13.1. The molecule has 3 aromatic rings. The van der Waals surface area contributed by atoms with E-state index < -0.39 is 0 Å². The molecule has 170 valence electrons. The fraction of sp³-hybridized carbons (Fsp3) is 0.375. The molecule has 1 aromatic carbocycles. The molecule has 2 aromatic heterocycles. The van der Waals surface area contributed by atoms with Crippen molar-refractivity contribution in [1.29, 1.82) is 0 Å². The summed E-state index contributed by atoms with van der Waals surface area (Å²) in [6.07, 6.45) is 5.26. The smallest absolute Gasteiger partial charge is 0.257 e. The summed E-state index contributed by atoms with van der Waals surface area (Å²) in [5.74, 6) is 1.90. The van der Waals surface area contributed by atoms with E-state index in [4.69, 9.17) is 14.7 Å². The number of aromatic nitrogens is 4. The van der Waals surface area contributed by atoms with Gasteiger partial charge in [0.05, 0.1) is 37.9 Å². The number of methoxy groups -OCH3 is 1. The van der Waals surface area contributed by atoms with Crippen LogP contribution in [0.5, 0.6) is 5.75 Å². The van der Waals surface area contributed by atoms with Crippen molar-refractivity contribution < 1.29 is 14.3 Å². The highest BCUT2D eigenvalue weighted by molar-refractivity contribution is 6.00. The van der Waals surface area contributed by atoms with E-state index in [2.05, 4.69) is 5.10 Å². The number of nitrogens with zero attached hydrogens (tertiary/aromatic N) is 6. The molecule has 1 fully saturated rings. The van der Waals surface area contributed by atoms with E-state index in [1.54, 1.807) is 36.1 Å². The highest BCUT2D eigenvalue weighted by atomic mass is 16.5. The third-order valence-corrected chi connectivity index (χ3v) is 6.33. The summed E-state index contributed by atoms with van der Waals surface area (Å²) < 4.78 is 6.94. The van der Waals surface area contributed by atoms with Crippen molar-refractivity contribution in [2.24, 2.45) is 7.05 Å². The van der Waals surface area contributed by atoms with Crippen LogP contribution in [-0.4, -0.2) is 50.1 Å². The second-order valence-corrected chi connectivity index (χ2v) is 8.54. The number of aryl methyl sites for hydroxylation is 2. The van der Waals surface area contributed by atoms with E-state index in [1.165, 1.54) is 0 Å². The number of hydrogen-bond acceptors (Lipinski definition) is 6. The molecule has 0 saturated carbocycles. The zero-order valence-corrected chi connectivity index (χ0v) is 19.0. The normalized spacial score (nSPS) is 17.5. The SMILES string of the molecule is COc1cccc(CN2C(=O)Cc3c(C)nc([C@H]4CCCN4C(=O)c4cnn(C)c4)nc32)c1. The molecule has 0 bridgehead atoms. The molecule has 0 radical (unpaired) electrons. The van der Waals surface area contributed by atoms with E-state index in [9.17, 15) is 9.59 Å². The first kappa shape index (κ1) is 21.1. The van der Waals surface area contributed by atoms with Crippen LogP contribution in [0, 0.1) is 6.92 Å². The minimum atomic E-state index is -0.226. The standard InChI is InChI=1S/C24H26N6O3/c1-15-19-11-21(31)30(13-16-6-4-7-18(10-16)33-3)23(19)27-22(26-15)20-8-5-9-29(20)24(32)17-12-25-28(2)14-17/h4,6-7,10,12,14,20H,5,8-9,11,13H2,1-3H3/t20-/m1/s1. The molecule has 1 atom stereocenters. The number of likely N-dealkylation sites (tertiary alicyclic amines) is 1. The van der Waals surface area contributed by atoms with Crippen LogP contribution in [0.15, 0.2) is 36.7 Å². The van der Waals surface area contributed by atoms with Gasteiger partial charge in [-0.2, -0.15) is 5.10 Å². The van der Waals surface area contributed by atoms with Gasteiger partial charge in [-0.05, 0) is 37.5 Å². The van der Waals surface area contributed by atoms with Gasteiger partial charge in [-0.1, -0.05) is 12.1 Å². The van der Waals surface area contributed by atoms with E-state index in [0.717, 1.165) is 35.4 Å². The van der Waals surface area contributed by atoms with Crippen molar-refractivity contribution >= 4 is 17.6 Å². The van der Waals surface area contributed by atoms with E-state index in [1.807, 2.05) is 36.1 Å². The van der Waals surface area contributed by atoms with Crippen LogP contribution in [0.2, 0.25) is 0 Å². The Balaban J connectivity index is 1.46. The van der Waals surface area contributed by atoms with Crippen LogP contribution in [0.25, 0.3) is 0 Å². The second kappa shape index (κ2) is 8.31. The summed E-state index contributed by atoms with van der Waals surface area (Å²) >= 11 is 0. The summed E-state index contributed by atoms with van der Waals surface area (Å²) in [6, 6.07) is 7.45. The number of ether oxygens (including phenoxy) is 1. The Morgan fingerprint density at radius 1 is 1.27 bits per heavy atom. The van der Waals surface area contributed by atoms with Crippen LogP contribution in [0.1, 0.15) is 51.9 Å². The number of fused-ring (bicyclic) bond motifs is 1. The first-order chi connectivity index (χ1) is 15.9. The van der Waals surface area contributed by atoms with Gasteiger partial charge in [-0.3, -0.25) is 19.2 Å². The number of carbonyl (C=O) groups excluding carboxylic acids is 2. The van der Waals surface area contributed by atoms with Crippen molar-refractivity contribution in [1.82, 2.24) is 24.6 Å². The molecule has 1 saturated heterocycles. The molecule has 4 heterocycles. The Labute approximate surface area is 192 Å². The van der Waals surface area contributed by atoms with E-state index >= 15 is 0 Å². The van der Waals surface area contributed by atoms with Gasteiger partial charge in [0.25, 0.3) is 5.91 Å². The summed E-state index contributed by atoms with van der Waals surface area (Å²) in [6.45, 7) is 2.96. The number of benzene rings is 1. The number of carbonyl (C=O) groups is 2. The van der Waals surface area contributed by atoms with Crippen molar-refractivity contribution in [3.8, 4) is 5.75 Å². The fourth-order valence-corrected chi connectivity index (χ4v) is 4.64. The topological polar surface area (TPSA) is 93.5 Å². The lowest BCUT2D eigenvalue weighted by Gasteiger charge is -2.25. The summed E-state index contributed by atoms with van der Waals surface area (Å²) in [5, 5.41) is 4.12. The molecular formula is C24H26N6O3. The lowest BCUT2D eigenvalue weighted by atomic mass is 10.1. The number of rotatable bonds is 5. The summed E-state index contributed by atoms with van der Waals surface area (Å²) in [4.78, 5) is 39.1. The highest BCUT2D eigenvalue weighted by Gasteiger charge is 2.37. The zero-order chi connectivity index (χ0) is 23.1. The van der Waals surface area contributed by atoms with E-state index in [-0.39, 0.29) is 24.3 Å². The Morgan fingerprint density at radius 3 is 2.88 bits per heavy atom. The van der Waals surface area contributed by atoms with Crippen LogP contribution < -0.4 is 9.64 Å². The predicted octanol–water partition coefficient (Wildman–Crippen LogP) is 2.59. The van der Waals surface area contributed by atoms with Crippen LogP contribution >= 0.6 is 0 Å². The molecule has 0 spiro atoms. The van der Waals surface area contributed by atoms with Gasteiger partial charge in [-0.15, -0.1) is 0 Å². The lowest BCUT2D eigenvalue weighted by Crippen LogP contribution is -2.32. The largest absolute Gasteiger partial charge is 0.497 e. The molecule has 2 aliphatic rings. The third-order valence-electron chi connectivity index (χ3n) is 6.33. The molecule has 33 heavy (non-hydrogen) atoms. The minimum absolute atomic E-state index is 0.00270. The van der Waals surface area contributed by atoms with Crippen LogP contribution in [0.4, 0.5) is 5.82 Å². The van der Waals surface area contributed by atoms with Gasteiger partial charge in [-0.25, -0.2) is 9.97 Å². The molecule has 5 rings (SSSR count). The fourth-order valence-electron chi connectivity index (χ4n) is 4.64. The Kier molecular flexibility index (Phi) is 5.32. The third kappa shape index (κ3) is 3.83. The number of hydrogen-bond donors (Lipinski definition) is 0. The maximum atomic E-state index is 13.1. The van der Waals surface area contributed by atoms with Crippen molar-refractivity contribution in [3.05, 3.63) is 64.9 Å². The van der Waals surface area contributed by atoms with Crippen LogP contribution in [0.3, 0.4) is 0 Å². The molecule has 0 unspecified atom stereocenters. The summed E-state index contributed by atoms with van der Waals surface area (Å²) in [7, 11) is 3.41. The van der Waals surface area contributed by atoms with Crippen molar-refractivity contribution in [2.75, 3.05) is 18.6 Å². The number of amides is 2. The van der Waals surface area contributed by atoms with Gasteiger partial charge in [0.1, 0.15) is 11.6 Å². The Hall–Kier alpha value is -3.75. The Morgan fingerprint density at radius 2 is 2.12 bits per heavy atom. The first-order valence-corrected chi connectivity index (χ1v) is 11.0. The minimum Gasteiger partial charge on any atom is -0.497 e. The average Bonchev–Trinajstić information content (AvgIpc) is 3.54. The molecular weight excluding hydrogens is 420 g/mol. The average molecular weight is 447 g/mol. The molecule has 2 amide bonds. The quantitative estimate of drug-likeness (QED) is 0.598. The van der Waals surface area contributed by atoms with Crippen molar-refractivity contribution in [2.45, 2.75) is 38.8 Å². The zero-order valence-electron chi connectivity index (χ0n) is 19.0. The van der Waals surface area contributed by atoms with Crippen molar-refractivity contribution in [3.63, 3.8) is 0 Å². The second-order valence-electron chi connectivity index (χ2n) is 8.54. The molecule has 9 nitrogen and oxygen atoms in total. The molecule has 0 aliphatic carbocycles. The highest BCUT2D eigenvalue weighted by Crippen LogP contribution is 2.36. The summed E-state index contributed by atoms with van der Waals surface area (Å²) in [5.41, 5.74) is 3.16. The van der Waals surface area contributed by atoms with Gasteiger partial charge < -0.3 is 9.64 Å². The van der Waals surface area contributed by atoms with Gasteiger partial charge in [0, 0.05) is 31.0 Å². The van der Waals surface area contributed by atoms with Gasteiger partial charge in [0.2, 0.25) is 5.91 Å². The van der Waals surface area contributed by atoms with Crippen LogP contribution in [-0.2, 0) is 24.8 Å². The molecule has 9 heteroatoms. The van der Waals surface area contributed by atoms with E-state index in [0.29, 0.717) is 30.3 Å². The first-order valence-electron chi connectivity index (χ1n) is 11.0. The Bertz CT molecular complexity index is 1240. The van der Waals surface area contributed by atoms with Gasteiger partial charge >= 0.3 is 0 Å². The molecule has 2 aliphatic heterocycles. The number of anilines is 1. The predicted molar refractivity (Wildman–Crippen MR) is 121 cm³/mol. The van der Waals surface area contributed by atoms with Gasteiger partial charge in [0.15, 0.2) is 5.82 Å².